The highest BCUT2D eigenvalue weighted by Crippen LogP contribution is 2.49. The van der Waals surface area contributed by atoms with E-state index in [2.05, 4.69) is 39.8 Å². The number of hydrogen-bond acceptors (Lipinski definition) is 0. The Morgan fingerprint density at radius 3 is 1.92 bits per heavy atom. The summed E-state index contributed by atoms with van der Waals surface area (Å²) in [7, 11) is 0. The molecule has 0 amide bonds. The Labute approximate surface area is 81.0 Å². The van der Waals surface area contributed by atoms with E-state index in [1.165, 1.54) is 23.1 Å². The minimum Gasteiger partial charge on any atom is -0.0619 e. The Morgan fingerprint density at radius 1 is 1.08 bits per heavy atom. The van der Waals surface area contributed by atoms with E-state index in [1.54, 1.807) is 5.56 Å². The summed E-state index contributed by atoms with van der Waals surface area (Å²) >= 11 is 0. The van der Waals surface area contributed by atoms with Crippen LogP contribution in [-0.4, -0.2) is 0 Å². The van der Waals surface area contributed by atoms with Crippen LogP contribution in [0.2, 0.25) is 0 Å². The molecule has 1 saturated carbocycles. The lowest BCUT2D eigenvalue weighted by atomic mass is 9.95. The van der Waals surface area contributed by atoms with Gasteiger partial charge in [-0.1, -0.05) is 24.6 Å². The Bertz CT molecular complexity index is 313. The molecule has 70 valence electrons. The quantitative estimate of drug-likeness (QED) is 0.608. The van der Waals surface area contributed by atoms with Gasteiger partial charge in [0.15, 0.2) is 0 Å². The van der Waals surface area contributed by atoms with E-state index in [4.69, 9.17) is 0 Å². The van der Waals surface area contributed by atoms with E-state index >= 15 is 0 Å². The van der Waals surface area contributed by atoms with E-state index < -0.39 is 0 Å². The molecule has 1 fully saturated rings. The van der Waals surface area contributed by atoms with Gasteiger partial charge in [0, 0.05) is 0 Å². The summed E-state index contributed by atoms with van der Waals surface area (Å²) in [5.41, 5.74) is 6.00. The van der Waals surface area contributed by atoms with Crippen molar-refractivity contribution < 1.29 is 0 Å². The third-order valence-electron chi connectivity index (χ3n) is 3.22. The average molecular weight is 174 g/mol. The third kappa shape index (κ3) is 1.50. The van der Waals surface area contributed by atoms with Gasteiger partial charge < -0.3 is 0 Å². The van der Waals surface area contributed by atoms with Gasteiger partial charge in [0.25, 0.3) is 0 Å². The Balaban J connectivity index is 2.45. The lowest BCUT2D eigenvalue weighted by Crippen LogP contribution is -1.93. The van der Waals surface area contributed by atoms with Gasteiger partial charge in [-0.05, 0) is 55.7 Å². The topological polar surface area (TPSA) is 0 Å². The van der Waals surface area contributed by atoms with Crippen molar-refractivity contribution in [1.82, 2.24) is 0 Å². The highest BCUT2D eigenvalue weighted by molar-refractivity contribution is 5.42. The maximum Gasteiger partial charge on any atom is -0.0128 e. The van der Waals surface area contributed by atoms with Crippen molar-refractivity contribution in [3.05, 3.63) is 34.4 Å². The highest BCUT2D eigenvalue weighted by Gasteiger charge is 2.35. The van der Waals surface area contributed by atoms with E-state index in [9.17, 15) is 0 Å². The molecule has 2 rings (SSSR count). The van der Waals surface area contributed by atoms with Gasteiger partial charge in [-0.2, -0.15) is 0 Å². The molecule has 13 heavy (non-hydrogen) atoms. The van der Waals surface area contributed by atoms with Crippen LogP contribution in [0, 0.1) is 26.7 Å². The first-order valence-corrected chi connectivity index (χ1v) is 5.17. The second-order valence-electron chi connectivity index (χ2n) is 4.63. The van der Waals surface area contributed by atoms with Crippen molar-refractivity contribution in [3.63, 3.8) is 0 Å². The predicted molar refractivity (Wildman–Crippen MR) is 57.2 cm³/mol. The largest absolute Gasteiger partial charge is 0.0619 e. The van der Waals surface area contributed by atoms with Gasteiger partial charge in [0.05, 0.1) is 0 Å². The van der Waals surface area contributed by atoms with E-state index in [0.29, 0.717) is 0 Å². The van der Waals surface area contributed by atoms with Crippen LogP contribution < -0.4 is 0 Å². The summed E-state index contributed by atoms with van der Waals surface area (Å²) in [6.07, 6.45) is 1.39. The van der Waals surface area contributed by atoms with Crippen LogP contribution >= 0.6 is 0 Å². The summed E-state index contributed by atoms with van der Waals surface area (Å²) in [5.74, 6) is 1.78. The second-order valence-corrected chi connectivity index (χ2v) is 4.63. The molecule has 0 saturated heterocycles. The molecule has 2 atom stereocenters. The van der Waals surface area contributed by atoms with E-state index in [1.807, 2.05) is 0 Å². The SMILES string of the molecule is Cc1cc(C)c(C2CC2C)c(C)c1. The van der Waals surface area contributed by atoms with Crippen molar-refractivity contribution in [2.24, 2.45) is 5.92 Å². The first-order valence-electron chi connectivity index (χ1n) is 5.17. The molecular formula is C13H18. The molecule has 0 aromatic heterocycles. The number of hydrogen-bond donors (Lipinski definition) is 0. The number of benzene rings is 1. The molecule has 0 heterocycles. The molecule has 1 aromatic carbocycles. The molecule has 0 nitrogen and oxygen atoms in total. The third-order valence-corrected chi connectivity index (χ3v) is 3.22. The molecule has 0 radical (unpaired) electrons. The normalized spacial score (nSPS) is 26.2. The monoisotopic (exact) mass is 174 g/mol. The van der Waals surface area contributed by atoms with Crippen molar-refractivity contribution >= 4 is 0 Å². The lowest BCUT2D eigenvalue weighted by Gasteiger charge is -2.10. The summed E-state index contributed by atoms with van der Waals surface area (Å²) in [4.78, 5) is 0. The van der Waals surface area contributed by atoms with Crippen LogP contribution in [0.15, 0.2) is 12.1 Å². The second kappa shape index (κ2) is 2.87. The molecule has 0 heteroatoms. The van der Waals surface area contributed by atoms with Crippen molar-refractivity contribution in [1.29, 1.82) is 0 Å². The Morgan fingerprint density at radius 2 is 1.54 bits per heavy atom. The smallest absolute Gasteiger partial charge is 0.0128 e. The van der Waals surface area contributed by atoms with Gasteiger partial charge in [-0.25, -0.2) is 0 Å². The lowest BCUT2D eigenvalue weighted by molar-refractivity contribution is 0.900. The highest BCUT2D eigenvalue weighted by atomic mass is 14.4. The average Bonchev–Trinajstić information content (AvgIpc) is 2.64. The van der Waals surface area contributed by atoms with Gasteiger partial charge in [-0.3, -0.25) is 0 Å². The fourth-order valence-electron chi connectivity index (χ4n) is 2.50. The first-order chi connectivity index (χ1) is 6.09. The molecule has 0 bridgehead atoms. The van der Waals surface area contributed by atoms with Crippen molar-refractivity contribution in [2.45, 2.75) is 40.0 Å². The standard InChI is InChI=1S/C13H18/c1-8-5-10(3)13(11(4)6-8)12-7-9(12)2/h5-6,9,12H,7H2,1-4H3. The van der Waals surface area contributed by atoms with Crippen LogP contribution in [0.1, 0.15) is 41.5 Å². The van der Waals surface area contributed by atoms with Crippen LogP contribution in [0.4, 0.5) is 0 Å². The molecule has 2 unspecified atom stereocenters. The van der Waals surface area contributed by atoms with Crippen LogP contribution in [0.3, 0.4) is 0 Å². The zero-order valence-corrected chi connectivity index (χ0v) is 9.02. The van der Waals surface area contributed by atoms with Crippen LogP contribution in [-0.2, 0) is 0 Å². The Kier molecular flexibility index (Phi) is 1.94. The predicted octanol–water partition coefficient (Wildman–Crippen LogP) is 3.74. The zero-order chi connectivity index (χ0) is 9.59. The molecule has 1 aromatic rings. The zero-order valence-electron chi connectivity index (χ0n) is 9.02. The Hall–Kier alpha value is -0.780. The number of aryl methyl sites for hydroxylation is 3. The van der Waals surface area contributed by atoms with Gasteiger partial charge >= 0.3 is 0 Å². The molecule has 0 N–H and O–H groups in total. The fraction of sp³-hybridized carbons (Fsp3) is 0.538. The summed E-state index contributed by atoms with van der Waals surface area (Å²) in [5, 5.41) is 0. The van der Waals surface area contributed by atoms with E-state index in [0.717, 1.165) is 11.8 Å². The van der Waals surface area contributed by atoms with Crippen LogP contribution in [0.5, 0.6) is 0 Å². The summed E-state index contributed by atoms with van der Waals surface area (Å²) in [6.45, 7) is 9.03. The summed E-state index contributed by atoms with van der Waals surface area (Å²) < 4.78 is 0. The molecule has 1 aliphatic rings. The molecule has 0 aliphatic heterocycles. The first kappa shape index (κ1) is 8.80. The maximum atomic E-state index is 2.35. The minimum atomic E-state index is 0.862. The van der Waals surface area contributed by atoms with Gasteiger partial charge in [-0.15, -0.1) is 0 Å². The van der Waals surface area contributed by atoms with Gasteiger partial charge in [0.1, 0.15) is 0 Å². The van der Waals surface area contributed by atoms with Crippen molar-refractivity contribution in [2.75, 3.05) is 0 Å². The van der Waals surface area contributed by atoms with Crippen LogP contribution in [0.25, 0.3) is 0 Å². The summed E-state index contributed by atoms with van der Waals surface area (Å²) in [6, 6.07) is 4.63. The molecular weight excluding hydrogens is 156 g/mol. The molecule has 1 aliphatic carbocycles. The number of rotatable bonds is 1. The minimum absolute atomic E-state index is 0.862. The molecule has 0 spiro atoms. The van der Waals surface area contributed by atoms with Crippen molar-refractivity contribution in [3.8, 4) is 0 Å². The van der Waals surface area contributed by atoms with E-state index in [-0.39, 0.29) is 0 Å². The maximum absolute atomic E-state index is 2.35. The van der Waals surface area contributed by atoms with Gasteiger partial charge in [0.2, 0.25) is 0 Å². The fourth-order valence-corrected chi connectivity index (χ4v) is 2.50.